The van der Waals surface area contributed by atoms with E-state index in [4.69, 9.17) is 14.2 Å². The minimum Gasteiger partial charge on any atom is -0.454 e. The number of benzene rings is 1. The largest absolute Gasteiger partial charge is 0.454 e. The first-order valence-electron chi connectivity index (χ1n) is 6.51. The average Bonchev–Trinajstić information content (AvgIpc) is 2.83. The van der Waals surface area contributed by atoms with Crippen LogP contribution in [0.2, 0.25) is 0 Å². The van der Waals surface area contributed by atoms with Gasteiger partial charge in [-0.1, -0.05) is 26.5 Å². The molecule has 0 saturated carbocycles. The number of fused-ring (bicyclic) bond motifs is 1. The van der Waals surface area contributed by atoms with Gasteiger partial charge in [0.2, 0.25) is 6.79 Å². The van der Waals surface area contributed by atoms with E-state index in [9.17, 15) is 0 Å². The fourth-order valence-electron chi connectivity index (χ4n) is 1.74. The Morgan fingerprint density at radius 2 is 2.16 bits per heavy atom. The third-order valence-corrected chi connectivity index (χ3v) is 2.77. The quantitative estimate of drug-likeness (QED) is 0.767. The summed E-state index contributed by atoms with van der Waals surface area (Å²) < 4.78 is 16.2. The Morgan fingerprint density at radius 3 is 2.95 bits per heavy atom. The topological polar surface area (TPSA) is 39.7 Å². The summed E-state index contributed by atoms with van der Waals surface area (Å²) in [7, 11) is 0. The van der Waals surface area contributed by atoms with Crippen LogP contribution in [0.25, 0.3) is 0 Å². The number of nitrogens with one attached hydrogen (secondary N) is 1. The minimum absolute atomic E-state index is 0.303. The SMILES string of the molecule is C=C(CNC(C)C)COCc1ccc2c(c1)OCO2. The molecule has 0 amide bonds. The van der Waals surface area contributed by atoms with Crippen molar-refractivity contribution < 1.29 is 14.2 Å². The van der Waals surface area contributed by atoms with E-state index in [2.05, 4.69) is 25.7 Å². The van der Waals surface area contributed by atoms with Crippen molar-refractivity contribution >= 4 is 0 Å². The third kappa shape index (κ3) is 4.26. The zero-order chi connectivity index (χ0) is 13.7. The molecule has 0 spiro atoms. The van der Waals surface area contributed by atoms with Gasteiger partial charge in [-0.3, -0.25) is 0 Å². The second kappa shape index (κ2) is 6.59. The van der Waals surface area contributed by atoms with E-state index in [-0.39, 0.29) is 0 Å². The smallest absolute Gasteiger partial charge is 0.231 e. The van der Waals surface area contributed by atoms with Gasteiger partial charge < -0.3 is 19.5 Å². The lowest BCUT2D eigenvalue weighted by Crippen LogP contribution is -2.25. The number of hydrogen-bond donors (Lipinski definition) is 1. The van der Waals surface area contributed by atoms with Gasteiger partial charge >= 0.3 is 0 Å². The van der Waals surface area contributed by atoms with Gasteiger partial charge in [0.1, 0.15) is 0 Å². The van der Waals surface area contributed by atoms with Crippen LogP contribution in [0.5, 0.6) is 11.5 Å². The van der Waals surface area contributed by atoms with E-state index < -0.39 is 0 Å². The third-order valence-electron chi connectivity index (χ3n) is 2.77. The van der Waals surface area contributed by atoms with Gasteiger partial charge in [0.15, 0.2) is 11.5 Å². The maximum absolute atomic E-state index is 5.64. The van der Waals surface area contributed by atoms with E-state index >= 15 is 0 Å². The summed E-state index contributed by atoms with van der Waals surface area (Å²) in [6.07, 6.45) is 0. The van der Waals surface area contributed by atoms with Crippen LogP contribution in [0.3, 0.4) is 0 Å². The lowest BCUT2D eigenvalue weighted by Gasteiger charge is -2.11. The highest BCUT2D eigenvalue weighted by atomic mass is 16.7. The summed E-state index contributed by atoms with van der Waals surface area (Å²) in [5, 5.41) is 3.31. The standard InChI is InChI=1S/C15H21NO3/c1-11(2)16-7-12(3)8-17-9-13-4-5-14-15(6-13)19-10-18-14/h4-6,11,16H,3,7-10H2,1-2H3. The van der Waals surface area contributed by atoms with E-state index in [1.807, 2.05) is 18.2 Å². The van der Waals surface area contributed by atoms with Crippen molar-refractivity contribution in [3.8, 4) is 11.5 Å². The summed E-state index contributed by atoms with van der Waals surface area (Å²) in [5.74, 6) is 1.59. The van der Waals surface area contributed by atoms with Gasteiger partial charge in [-0.25, -0.2) is 0 Å². The average molecular weight is 263 g/mol. The van der Waals surface area contributed by atoms with Crippen LogP contribution in [0.1, 0.15) is 19.4 Å². The van der Waals surface area contributed by atoms with Crippen LogP contribution in [0.15, 0.2) is 30.4 Å². The molecule has 1 aliphatic heterocycles. The second-order valence-electron chi connectivity index (χ2n) is 4.97. The molecule has 0 aromatic heterocycles. The lowest BCUT2D eigenvalue weighted by atomic mass is 10.2. The molecular weight excluding hydrogens is 242 g/mol. The van der Waals surface area contributed by atoms with Crippen LogP contribution >= 0.6 is 0 Å². The fourth-order valence-corrected chi connectivity index (χ4v) is 1.74. The van der Waals surface area contributed by atoms with Crippen molar-refractivity contribution in [2.45, 2.75) is 26.5 Å². The highest BCUT2D eigenvalue weighted by Gasteiger charge is 2.12. The monoisotopic (exact) mass is 263 g/mol. The number of hydrogen-bond acceptors (Lipinski definition) is 4. The molecule has 0 fully saturated rings. The Morgan fingerprint density at radius 1 is 1.37 bits per heavy atom. The normalized spacial score (nSPS) is 13.0. The Kier molecular flexibility index (Phi) is 4.82. The zero-order valence-electron chi connectivity index (χ0n) is 11.6. The fraction of sp³-hybridized carbons (Fsp3) is 0.467. The maximum atomic E-state index is 5.64. The van der Waals surface area contributed by atoms with Gasteiger partial charge in [-0.05, 0) is 23.3 Å². The molecular formula is C15H21NO3. The number of rotatable bonds is 7. The van der Waals surface area contributed by atoms with Crippen molar-refractivity contribution in [1.29, 1.82) is 0 Å². The second-order valence-corrected chi connectivity index (χ2v) is 4.97. The lowest BCUT2D eigenvalue weighted by molar-refractivity contribution is 0.141. The molecule has 0 atom stereocenters. The van der Waals surface area contributed by atoms with Crippen molar-refractivity contribution in [3.05, 3.63) is 35.9 Å². The van der Waals surface area contributed by atoms with Gasteiger partial charge in [0, 0.05) is 12.6 Å². The molecule has 1 heterocycles. The van der Waals surface area contributed by atoms with Gasteiger partial charge in [0.25, 0.3) is 0 Å². The predicted octanol–water partition coefficient (Wildman–Crippen LogP) is 2.49. The molecule has 0 saturated heterocycles. The predicted molar refractivity (Wildman–Crippen MR) is 74.5 cm³/mol. The maximum Gasteiger partial charge on any atom is 0.231 e. The first kappa shape index (κ1) is 13.9. The molecule has 0 aliphatic carbocycles. The zero-order valence-corrected chi connectivity index (χ0v) is 11.6. The van der Waals surface area contributed by atoms with Crippen molar-refractivity contribution in [1.82, 2.24) is 5.32 Å². The summed E-state index contributed by atoms with van der Waals surface area (Å²) in [6.45, 7) is 10.4. The molecule has 1 N–H and O–H groups in total. The summed E-state index contributed by atoms with van der Waals surface area (Å²) in [6, 6.07) is 6.32. The molecule has 2 rings (SSSR count). The van der Waals surface area contributed by atoms with Crippen LogP contribution in [-0.2, 0) is 11.3 Å². The summed E-state index contributed by atoms with van der Waals surface area (Å²) >= 11 is 0. The molecule has 1 aromatic carbocycles. The highest BCUT2D eigenvalue weighted by molar-refractivity contribution is 5.44. The Balaban J connectivity index is 1.72. The molecule has 0 bridgehead atoms. The van der Waals surface area contributed by atoms with Crippen LogP contribution in [0.4, 0.5) is 0 Å². The molecule has 1 aliphatic rings. The van der Waals surface area contributed by atoms with Crippen LogP contribution in [0, 0.1) is 0 Å². The van der Waals surface area contributed by atoms with Crippen LogP contribution in [-0.4, -0.2) is 26.0 Å². The molecule has 1 aromatic rings. The Bertz CT molecular complexity index is 443. The summed E-state index contributed by atoms with van der Waals surface area (Å²) in [5.41, 5.74) is 2.13. The van der Waals surface area contributed by atoms with E-state index in [0.29, 0.717) is 26.0 Å². The molecule has 4 nitrogen and oxygen atoms in total. The van der Waals surface area contributed by atoms with Crippen LogP contribution < -0.4 is 14.8 Å². The molecule has 0 radical (unpaired) electrons. The Hall–Kier alpha value is -1.52. The first-order valence-corrected chi connectivity index (χ1v) is 6.51. The van der Waals surface area contributed by atoms with E-state index in [1.165, 1.54) is 0 Å². The Labute approximate surface area is 114 Å². The van der Waals surface area contributed by atoms with Gasteiger partial charge in [0.05, 0.1) is 13.2 Å². The van der Waals surface area contributed by atoms with Gasteiger partial charge in [-0.15, -0.1) is 0 Å². The molecule has 0 unspecified atom stereocenters. The van der Waals surface area contributed by atoms with Crippen molar-refractivity contribution in [2.75, 3.05) is 19.9 Å². The minimum atomic E-state index is 0.303. The van der Waals surface area contributed by atoms with E-state index in [0.717, 1.165) is 29.2 Å². The molecule has 19 heavy (non-hydrogen) atoms. The summed E-state index contributed by atoms with van der Waals surface area (Å²) in [4.78, 5) is 0. The molecule has 4 heteroatoms. The van der Waals surface area contributed by atoms with E-state index in [1.54, 1.807) is 0 Å². The molecule has 104 valence electrons. The van der Waals surface area contributed by atoms with Gasteiger partial charge in [-0.2, -0.15) is 0 Å². The first-order chi connectivity index (χ1) is 9.15. The van der Waals surface area contributed by atoms with Crippen molar-refractivity contribution in [2.24, 2.45) is 0 Å². The van der Waals surface area contributed by atoms with Crippen molar-refractivity contribution in [3.63, 3.8) is 0 Å². The number of ether oxygens (including phenoxy) is 3. The highest BCUT2D eigenvalue weighted by Crippen LogP contribution is 2.32.